The first kappa shape index (κ1) is 14.8. The Labute approximate surface area is 116 Å². The van der Waals surface area contributed by atoms with Gasteiger partial charge in [0, 0.05) is 13.2 Å². The van der Waals surface area contributed by atoms with Crippen molar-refractivity contribution in [3.8, 4) is 0 Å². The summed E-state index contributed by atoms with van der Waals surface area (Å²) in [4.78, 5) is 12.3. The number of aliphatic hydroxyl groups is 1. The van der Waals surface area contributed by atoms with Gasteiger partial charge < -0.3 is 15.7 Å². The van der Waals surface area contributed by atoms with E-state index < -0.39 is 0 Å². The van der Waals surface area contributed by atoms with Crippen LogP contribution in [0.5, 0.6) is 0 Å². The molecule has 1 amide bonds. The minimum Gasteiger partial charge on any atom is -0.396 e. The average molecular weight is 268 g/mol. The zero-order valence-electron chi connectivity index (χ0n) is 12.2. The number of carbonyl (C=O) groups is 1. The molecular formula is C15H28N2O2. The molecule has 3 unspecified atom stereocenters. The second-order valence-corrected chi connectivity index (χ2v) is 6.95. The van der Waals surface area contributed by atoms with Gasteiger partial charge in [-0.1, -0.05) is 20.3 Å². The fourth-order valence-corrected chi connectivity index (χ4v) is 3.56. The van der Waals surface area contributed by atoms with Crippen LogP contribution in [0.25, 0.3) is 0 Å². The van der Waals surface area contributed by atoms with Crippen molar-refractivity contribution in [1.82, 2.24) is 10.6 Å². The van der Waals surface area contributed by atoms with Crippen LogP contribution in [0.2, 0.25) is 0 Å². The summed E-state index contributed by atoms with van der Waals surface area (Å²) in [7, 11) is 0. The zero-order chi connectivity index (χ0) is 13.9. The van der Waals surface area contributed by atoms with Crippen LogP contribution in [0.4, 0.5) is 0 Å². The number of hydrogen-bond donors (Lipinski definition) is 3. The first-order chi connectivity index (χ1) is 9.03. The first-order valence-corrected chi connectivity index (χ1v) is 7.65. The number of carbonyl (C=O) groups excluding carboxylic acids is 1. The van der Waals surface area contributed by atoms with Gasteiger partial charge in [-0.2, -0.15) is 0 Å². The Kier molecular flexibility index (Phi) is 4.85. The highest BCUT2D eigenvalue weighted by molar-refractivity contribution is 5.82. The highest BCUT2D eigenvalue weighted by atomic mass is 16.2. The molecule has 0 bridgehead atoms. The van der Waals surface area contributed by atoms with Gasteiger partial charge in [-0.25, -0.2) is 0 Å². The van der Waals surface area contributed by atoms with E-state index in [4.69, 9.17) is 5.11 Å². The number of amides is 1. The summed E-state index contributed by atoms with van der Waals surface area (Å²) in [5, 5.41) is 15.4. The average Bonchev–Trinajstić information content (AvgIpc) is 2.96. The molecule has 1 aliphatic carbocycles. The Hall–Kier alpha value is -0.610. The van der Waals surface area contributed by atoms with Crippen LogP contribution in [0.3, 0.4) is 0 Å². The molecule has 110 valence electrons. The highest BCUT2D eigenvalue weighted by Crippen LogP contribution is 2.37. The van der Waals surface area contributed by atoms with Gasteiger partial charge in [-0.05, 0) is 49.5 Å². The van der Waals surface area contributed by atoms with Crippen LogP contribution in [-0.2, 0) is 4.79 Å². The molecule has 2 fully saturated rings. The molecule has 0 aromatic carbocycles. The summed E-state index contributed by atoms with van der Waals surface area (Å²) in [6, 6.07) is 0.0288. The second kappa shape index (κ2) is 6.23. The lowest BCUT2D eigenvalue weighted by Gasteiger charge is -2.26. The third kappa shape index (κ3) is 3.69. The molecule has 2 rings (SSSR count). The normalized spacial score (nSPS) is 30.4. The summed E-state index contributed by atoms with van der Waals surface area (Å²) >= 11 is 0. The third-order valence-electron chi connectivity index (χ3n) is 4.78. The molecule has 1 aliphatic heterocycles. The smallest absolute Gasteiger partial charge is 0.237 e. The summed E-state index contributed by atoms with van der Waals surface area (Å²) in [5.74, 6) is 1.45. The Bertz CT molecular complexity index is 317. The molecule has 3 N–H and O–H groups in total. The van der Waals surface area contributed by atoms with Gasteiger partial charge >= 0.3 is 0 Å². The largest absolute Gasteiger partial charge is 0.396 e. The summed E-state index contributed by atoms with van der Waals surface area (Å²) < 4.78 is 0. The number of rotatable bonds is 6. The molecule has 0 aromatic heterocycles. The molecular weight excluding hydrogens is 240 g/mol. The quantitative estimate of drug-likeness (QED) is 0.680. The number of fused-ring (bicyclic) bond motifs is 1. The minimum atomic E-state index is 0.0288. The van der Waals surface area contributed by atoms with E-state index in [1.54, 1.807) is 0 Å². The first-order valence-electron chi connectivity index (χ1n) is 7.65. The van der Waals surface area contributed by atoms with Crippen molar-refractivity contribution in [3.63, 3.8) is 0 Å². The van der Waals surface area contributed by atoms with E-state index >= 15 is 0 Å². The van der Waals surface area contributed by atoms with Crippen molar-refractivity contribution in [3.05, 3.63) is 0 Å². The van der Waals surface area contributed by atoms with Crippen molar-refractivity contribution >= 4 is 5.91 Å². The predicted octanol–water partition coefficient (Wildman–Crippen LogP) is 1.29. The van der Waals surface area contributed by atoms with E-state index in [-0.39, 0.29) is 24.0 Å². The van der Waals surface area contributed by atoms with Crippen LogP contribution in [0.15, 0.2) is 0 Å². The molecule has 1 saturated carbocycles. The van der Waals surface area contributed by atoms with E-state index in [1.165, 1.54) is 19.3 Å². The van der Waals surface area contributed by atoms with Crippen LogP contribution in [0, 0.1) is 17.3 Å². The van der Waals surface area contributed by atoms with Gasteiger partial charge in [0.25, 0.3) is 0 Å². The number of nitrogens with one attached hydrogen (secondary N) is 2. The zero-order valence-corrected chi connectivity index (χ0v) is 12.2. The van der Waals surface area contributed by atoms with Gasteiger partial charge in [0.05, 0.1) is 6.04 Å². The molecule has 2 aliphatic rings. The SMILES string of the molecule is CC(C)(CCCO)CNC(=O)C1NCC2CCCC21. The van der Waals surface area contributed by atoms with Crippen molar-refractivity contribution in [2.24, 2.45) is 17.3 Å². The van der Waals surface area contributed by atoms with E-state index in [0.29, 0.717) is 12.5 Å². The van der Waals surface area contributed by atoms with Gasteiger partial charge in [-0.15, -0.1) is 0 Å². The minimum absolute atomic E-state index is 0.0288. The molecule has 4 heteroatoms. The van der Waals surface area contributed by atoms with Gasteiger partial charge in [-0.3, -0.25) is 4.79 Å². The van der Waals surface area contributed by atoms with Crippen LogP contribution >= 0.6 is 0 Å². The lowest BCUT2D eigenvalue weighted by atomic mass is 9.87. The fourth-order valence-electron chi connectivity index (χ4n) is 3.56. The maximum absolute atomic E-state index is 12.3. The molecule has 0 spiro atoms. The van der Waals surface area contributed by atoms with E-state index in [9.17, 15) is 4.79 Å². The maximum atomic E-state index is 12.3. The van der Waals surface area contributed by atoms with Gasteiger partial charge in [0.15, 0.2) is 0 Å². The Balaban J connectivity index is 1.78. The molecule has 0 radical (unpaired) electrons. The maximum Gasteiger partial charge on any atom is 0.237 e. The Morgan fingerprint density at radius 2 is 2.21 bits per heavy atom. The van der Waals surface area contributed by atoms with Gasteiger partial charge in [0.2, 0.25) is 5.91 Å². The van der Waals surface area contributed by atoms with E-state index in [2.05, 4.69) is 24.5 Å². The molecule has 3 atom stereocenters. The van der Waals surface area contributed by atoms with E-state index in [0.717, 1.165) is 25.3 Å². The highest BCUT2D eigenvalue weighted by Gasteiger charge is 2.42. The standard InChI is InChI=1S/C15H28N2O2/c1-15(2,7-4-8-18)10-17-14(19)13-12-6-3-5-11(12)9-16-13/h11-13,16,18H,3-10H2,1-2H3,(H,17,19). The molecule has 4 nitrogen and oxygen atoms in total. The van der Waals surface area contributed by atoms with Crippen molar-refractivity contribution in [2.45, 2.75) is 52.0 Å². The topological polar surface area (TPSA) is 61.4 Å². The lowest BCUT2D eigenvalue weighted by molar-refractivity contribution is -0.124. The summed E-state index contributed by atoms with van der Waals surface area (Å²) in [5.41, 5.74) is 0.0616. The van der Waals surface area contributed by atoms with Crippen LogP contribution in [0.1, 0.15) is 46.0 Å². The van der Waals surface area contributed by atoms with Crippen molar-refractivity contribution in [1.29, 1.82) is 0 Å². The summed E-state index contributed by atoms with van der Waals surface area (Å²) in [6.45, 7) is 6.22. The number of hydrogen-bond acceptors (Lipinski definition) is 3. The monoisotopic (exact) mass is 268 g/mol. The van der Waals surface area contributed by atoms with Gasteiger partial charge in [0.1, 0.15) is 0 Å². The fraction of sp³-hybridized carbons (Fsp3) is 0.933. The predicted molar refractivity (Wildman–Crippen MR) is 75.7 cm³/mol. The lowest BCUT2D eigenvalue weighted by Crippen LogP contribution is -2.46. The summed E-state index contributed by atoms with van der Waals surface area (Å²) in [6.07, 6.45) is 5.50. The van der Waals surface area contributed by atoms with Crippen LogP contribution in [-0.4, -0.2) is 36.8 Å². The van der Waals surface area contributed by atoms with Crippen LogP contribution < -0.4 is 10.6 Å². The second-order valence-electron chi connectivity index (χ2n) is 6.95. The molecule has 1 saturated heterocycles. The Morgan fingerprint density at radius 1 is 1.42 bits per heavy atom. The molecule has 1 heterocycles. The van der Waals surface area contributed by atoms with E-state index in [1.807, 2.05) is 0 Å². The molecule has 19 heavy (non-hydrogen) atoms. The number of aliphatic hydroxyl groups excluding tert-OH is 1. The molecule has 0 aromatic rings. The Morgan fingerprint density at radius 3 is 2.95 bits per heavy atom. The van der Waals surface area contributed by atoms with Crippen molar-refractivity contribution < 1.29 is 9.90 Å². The van der Waals surface area contributed by atoms with Crippen molar-refractivity contribution in [2.75, 3.05) is 19.7 Å². The third-order valence-corrected chi connectivity index (χ3v) is 4.78.